The normalized spacial score (nSPS) is 30.9. The van der Waals surface area contributed by atoms with Gasteiger partial charge in [-0.3, -0.25) is 0 Å². The molecule has 0 radical (unpaired) electrons. The fourth-order valence-corrected chi connectivity index (χ4v) is 1.79. The number of rotatable bonds is 1. The summed E-state index contributed by atoms with van der Waals surface area (Å²) in [5.74, 6) is 0. The van der Waals surface area contributed by atoms with Gasteiger partial charge < -0.3 is 20.3 Å². The minimum absolute atomic E-state index is 0.575. The van der Waals surface area contributed by atoms with Crippen molar-refractivity contribution in [2.45, 2.75) is 63.9 Å². The molecule has 0 aromatic carbocycles. The zero-order chi connectivity index (χ0) is 12.3. The Labute approximate surface area is 95.8 Å². The van der Waals surface area contributed by atoms with Crippen molar-refractivity contribution in [2.24, 2.45) is 0 Å². The molecule has 1 saturated carbocycles. The monoisotopic (exact) mass is 231 g/mol. The first-order valence-corrected chi connectivity index (χ1v) is 5.65. The molecule has 0 spiro atoms. The molecule has 0 saturated heterocycles. The van der Waals surface area contributed by atoms with Crippen molar-refractivity contribution in [3.05, 3.63) is 0 Å². The van der Waals surface area contributed by atoms with Gasteiger partial charge in [0.2, 0.25) is 0 Å². The summed E-state index contributed by atoms with van der Waals surface area (Å²) in [4.78, 5) is 11.5. The highest BCUT2D eigenvalue weighted by atomic mass is 16.6. The van der Waals surface area contributed by atoms with Gasteiger partial charge in [0.15, 0.2) is 0 Å². The smallest absolute Gasteiger partial charge is 0.408 e. The predicted octanol–water partition coefficient (Wildman–Crippen LogP) is 0.785. The number of hydrogen-bond donors (Lipinski definition) is 3. The van der Waals surface area contributed by atoms with Crippen molar-refractivity contribution in [1.82, 2.24) is 5.32 Å². The average Bonchev–Trinajstić information content (AvgIpc) is 2.08. The molecule has 5 nitrogen and oxygen atoms in total. The summed E-state index contributed by atoms with van der Waals surface area (Å²) in [5, 5.41) is 21.8. The third-order valence-corrected chi connectivity index (χ3v) is 2.51. The summed E-state index contributed by atoms with van der Waals surface area (Å²) in [6.07, 6.45) is -0.0332. The maximum atomic E-state index is 11.5. The van der Waals surface area contributed by atoms with Crippen LogP contribution in [0.25, 0.3) is 0 Å². The SMILES string of the molecule is CC(C)(C)OC(=O)NC1[C@H](O)CCC[C@@H]1O. The Morgan fingerprint density at radius 3 is 2.19 bits per heavy atom. The molecule has 3 atom stereocenters. The summed E-state index contributed by atoms with van der Waals surface area (Å²) in [6, 6.07) is -0.622. The number of hydrogen-bond acceptors (Lipinski definition) is 4. The molecule has 1 aliphatic carbocycles. The van der Waals surface area contributed by atoms with Crippen molar-refractivity contribution >= 4 is 6.09 Å². The van der Waals surface area contributed by atoms with Crippen LogP contribution >= 0.6 is 0 Å². The molecule has 1 fully saturated rings. The lowest BCUT2D eigenvalue weighted by molar-refractivity contribution is -0.00881. The molecule has 0 heterocycles. The van der Waals surface area contributed by atoms with Gasteiger partial charge in [0.1, 0.15) is 5.60 Å². The first-order chi connectivity index (χ1) is 7.29. The Morgan fingerprint density at radius 2 is 1.75 bits per heavy atom. The summed E-state index contributed by atoms with van der Waals surface area (Å²) < 4.78 is 5.06. The largest absolute Gasteiger partial charge is 0.444 e. The van der Waals surface area contributed by atoms with E-state index in [0.29, 0.717) is 12.8 Å². The van der Waals surface area contributed by atoms with E-state index in [4.69, 9.17) is 4.74 Å². The number of nitrogens with one attached hydrogen (secondary N) is 1. The molecular formula is C11H21NO4. The lowest BCUT2D eigenvalue weighted by atomic mass is 9.90. The van der Waals surface area contributed by atoms with E-state index in [0.717, 1.165) is 6.42 Å². The van der Waals surface area contributed by atoms with E-state index in [1.54, 1.807) is 20.8 Å². The summed E-state index contributed by atoms with van der Waals surface area (Å²) in [7, 11) is 0. The number of carbonyl (C=O) groups excluding carboxylic acids is 1. The van der Waals surface area contributed by atoms with E-state index in [-0.39, 0.29) is 0 Å². The fourth-order valence-electron chi connectivity index (χ4n) is 1.79. The van der Waals surface area contributed by atoms with E-state index in [1.165, 1.54) is 0 Å². The van der Waals surface area contributed by atoms with Crippen LogP contribution in [-0.2, 0) is 4.74 Å². The van der Waals surface area contributed by atoms with Crippen molar-refractivity contribution in [3.63, 3.8) is 0 Å². The maximum absolute atomic E-state index is 11.5. The molecule has 3 N–H and O–H groups in total. The number of aliphatic hydroxyl groups is 2. The Bertz CT molecular complexity index is 239. The average molecular weight is 231 g/mol. The van der Waals surface area contributed by atoms with Gasteiger partial charge in [0, 0.05) is 0 Å². The van der Waals surface area contributed by atoms with Crippen molar-refractivity contribution in [3.8, 4) is 0 Å². The third kappa shape index (κ3) is 3.98. The van der Waals surface area contributed by atoms with Crippen LogP contribution in [0, 0.1) is 0 Å². The van der Waals surface area contributed by atoms with E-state index >= 15 is 0 Å². The first-order valence-electron chi connectivity index (χ1n) is 5.65. The Kier molecular flexibility index (Phi) is 4.15. The van der Waals surface area contributed by atoms with Gasteiger partial charge in [-0.05, 0) is 40.0 Å². The Hall–Kier alpha value is -0.810. The molecule has 1 aliphatic rings. The minimum atomic E-state index is -0.698. The molecule has 94 valence electrons. The van der Waals surface area contributed by atoms with Gasteiger partial charge >= 0.3 is 6.09 Å². The second-order valence-corrected chi connectivity index (χ2v) is 5.24. The van der Waals surface area contributed by atoms with Gasteiger partial charge in [0.05, 0.1) is 18.2 Å². The van der Waals surface area contributed by atoms with Crippen LogP contribution in [0.3, 0.4) is 0 Å². The van der Waals surface area contributed by atoms with Crippen LogP contribution in [-0.4, -0.2) is 40.2 Å². The number of amides is 1. The molecule has 0 bridgehead atoms. The van der Waals surface area contributed by atoms with Gasteiger partial charge in [-0.25, -0.2) is 4.79 Å². The molecule has 5 heteroatoms. The van der Waals surface area contributed by atoms with Gasteiger partial charge in [-0.1, -0.05) is 0 Å². The molecule has 0 aromatic rings. The number of carbonyl (C=O) groups is 1. The van der Waals surface area contributed by atoms with Gasteiger partial charge in [0.25, 0.3) is 0 Å². The Balaban J connectivity index is 2.48. The van der Waals surface area contributed by atoms with Crippen LogP contribution in [0.1, 0.15) is 40.0 Å². The van der Waals surface area contributed by atoms with Crippen molar-refractivity contribution < 1.29 is 19.7 Å². The lowest BCUT2D eigenvalue weighted by Crippen LogP contribution is -2.53. The quantitative estimate of drug-likeness (QED) is 0.623. The van der Waals surface area contributed by atoms with Crippen LogP contribution in [0.5, 0.6) is 0 Å². The van der Waals surface area contributed by atoms with Crippen LogP contribution in [0.15, 0.2) is 0 Å². The third-order valence-electron chi connectivity index (χ3n) is 2.51. The second-order valence-electron chi connectivity index (χ2n) is 5.24. The van der Waals surface area contributed by atoms with Gasteiger partial charge in [-0.15, -0.1) is 0 Å². The molecule has 16 heavy (non-hydrogen) atoms. The molecule has 1 rings (SSSR count). The topological polar surface area (TPSA) is 78.8 Å². The zero-order valence-electron chi connectivity index (χ0n) is 10.1. The zero-order valence-corrected chi connectivity index (χ0v) is 10.1. The second kappa shape index (κ2) is 5.01. The molecular weight excluding hydrogens is 210 g/mol. The van der Waals surface area contributed by atoms with E-state index in [2.05, 4.69) is 5.32 Å². The van der Waals surface area contributed by atoms with Crippen LogP contribution in [0.2, 0.25) is 0 Å². The van der Waals surface area contributed by atoms with Crippen molar-refractivity contribution in [1.29, 1.82) is 0 Å². The molecule has 0 aromatic heterocycles. The van der Waals surface area contributed by atoms with Crippen molar-refractivity contribution in [2.75, 3.05) is 0 Å². The standard InChI is InChI=1S/C11H21NO4/c1-11(2,3)16-10(15)12-9-7(13)5-4-6-8(9)14/h7-9,13-14H,4-6H2,1-3H3,(H,12,15)/t7-,8+,9?. The minimum Gasteiger partial charge on any atom is -0.444 e. The highest BCUT2D eigenvalue weighted by Crippen LogP contribution is 2.19. The molecule has 1 unspecified atom stereocenters. The molecule has 1 amide bonds. The fraction of sp³-hybridized carbons (Fsp3) is 0.909. The van der Waals surface area contributed by atoms with E-state index in [9.17, 15) is 15.0 Å². The first kappa shape index (κ1) is 13.3. The highest BCUT2D eigenvalue weighted by Gasteiger charge is 2.33. The highest BCUT2D eigenvalue weighted by molar-refractivity contribution is 5.68. The van der Waals surface area contributed by atoms with Crippen LogP contribution in [0.4, 0.5) is 4.79 Å². The lowest BCUT2D eigenvalue weighted by Gasteiger charge is -2.33. The number of aliphatic hydroxyl groups excluding tert-OH is 2. The predicted molar refractivity (Wildman–Crippen MR) is 59.0 cm³/mol. The summed E-state index contributed by atoms with van der Waals surface area (Å²) in [6.45, 7) is 5.29. The van der Waals surface area contributed by atoms with Gasteiger partial charge in [-0.2, -0.15) is 0 Å². The summed E-state index contributed by atoms with van der Waals surface area (Å²) >= 11 is 0. The maximum Gasteiger partial charge on any atom is 0.408 e. The van der Waals surface area contributed by atoms with E-state index < -0.39 is 29.9 Å². The molecule has 0 aliphatic heterocycles. The van der Waals surface area contributed by atoms with E-state index in [1.807, 2.05) is 0 Å². The number of alkyl carbamates (subject to hydrolysis) is 1. The van der Waals surface area contributed by atoms with Crippen LogP contribution < -0.4 is 5.32 Å². The number of ether oxygens (including phenoxy) is 1. The Morgan fingerprint density at radius 1 is 1.25 bits per heavy atom. The summed E-state index contributed by atoms with van der Waals surface area (Å²) in [5.41, 5.74) is -0.575.